The Kier molecular flexibility index (Phi) is 3.92. The molecule has 0 unspecified atom stereocenters. The Morgan fingerprint density at radius 2 is 2.21 bits per heavy atom. The number of carbonyl (C=O) groups excluding carboxylic acids is 1. The first-order valence-electron chi connectivity index (χ1n) is 5.75. The number of carbonyl (C=O) groups is 2. The van der Waals surface area contributed by atoms with Crippen LogP contribution in [0.2, 0.25) is 0 Å². The number of carboxylic acids is 1. The highest BCUT2D eigenvalue weighted by Gasteiger charge is 2.07. The molecule has 2 rings (SSSR count). The van der Waals surface area contributed by atoms with Crippen LogP contribution in [0.3, 0.4) is 0 Å². The van der Waals surface area contributed by atoms with Crippen LogP contribution in [0.4, 0.5) is 0 Å². The Hall–Kier alpha value is -2.63. The van der Waals surface area contributed by atoms with E-state index in [-0.39, 0.29) is 18.9 Å². The molecule has 0 aliphatic carbocycles. The number of amides is 1. The van der Waals surface area contributed by atoms with Crippen LogP contribution < -0.4 is 5.32 Å². The molecule has 19 heavy (non-hydrogen) atoms. The third-order valence-electron chi connectivity index (χ3n) is 2.54. The van der Waals surface area contributed by atoms with Gasteiger partial charge in [-0.05, 0) is 18.2 Å². The van der Waals surface area contributed by atoms with Gasteiger partial charge in [0.25, 0.3) is 5.91 Å². The number of benzene rings is 1. The second-order valence-corrected chi connectivity index (χ2v) is 3.92. The Labute approximate surface area is 109 Å². The number of aromatic nitrogens is 2. The summed E-state index contributed by atoms with van der Waals surface area (Å²) in [5.74, 6) is -1.23. The highest BCUT2D eigenvalue weighted by molar-refractivity contribution is 5.94. The molecular formula is C13H13N3O3. The summed E-state index contributed by atoms with van der Waals surface area (Å²) in [7, 11) is 0. The molecule has 98 valence electrons. The van der Waals surface area contributed by atoms with Crippen LogP contribution in [0, 0.1) is 0 Å². The molecule has 0 fully saturated rings. The summed E-state index contributed by atoms with van der Waals surface area (Å²) in [6.07, 6.45) is 4.98. The zero-order chi connectivity index (χ0) is 13.7. The van der Waals surface area contributed by atoms with E-state index in [0.29, 0.717) is 5.56 Å². The molecule has 0 aliphatic heterocycles. The smallest absolute Gasteiger partial charge is 0.305 e. The van der Waals surface area contributed by atoms with Gasteiger partial charge in [0.15, 0.2) is 0 Å². The summed E-state index contributed by atoms with van der Waals surface area (Å²) in [5.41, 5.74) is 1.31. The first-order valence-corrected chi connectivity index (χ1v) is 5.75. The molecule has 2 N–H and O–H groups in total. The molecule has 0 bridgehead atoms. The molecule has 0 saturated heterocycles. The first kappa shape index (κ1) is 12.8. The van der Waals surface area contributed by atoms with Crippen LogP contribution in [0.25, 0.3) is 5.69 Å². The maximum atomic E-state index is 11.8. The van der Waals surface area contributed by atoms with E-state index in [0.717, 1.165) is 5.69 Å². The summed E-state index contributed by atoms with van der Waals surface area (Å²) < 4.78 is 1.79. The lowest BCUT2D eigenvalue weighted by molar-refractivity contribution is -0.136. The van der Waals surface area contributed by atoms with Crippen LogP contribution in [-0.2, 0) is 4.79 Å². The second kappa shape index (κ2) is 5.81. The molecule has 0 saturated carbocycles. The molecule has 0 atom stereocenters. The summed E-state index contributed by atoms with van der Waals surface area (Å²) in [6, 6.07) is 7.02. The Morgan fingerprint density at radius 3 is 2.89 bits per heavy atom. The van der Waals surface area contributed by atoms with E-state index in [1.54, 1.807) is 41.5 Å². The highest BCUT2D eigenvalue weighted by Crippen LogP contribution is 2.10. The van der Waals surface area contributed by atoms with Gasteiger partial charge >= 0.3 is 5.97 Å². The minimum atomic E-state index is -0.938. The molecule has 6 nitrogen and oxygen atoms in total. The largest absolute Gasteiger partial charge is 0.481 e. The lowest BCUT2D eigenvalue weighted by atomic mass is 10.2. The van der Waals surface area contributed by atoms with Crippen molar-refractivity contribution in [1.82, 2.24) is 14.9 Å². The third kappa shape index (κ3) is 3.41. The number of rotatable bonds is 5. The Morgan fingerprint density at radius 1 is 1.37 bits per heavy atom. The number of nitrogens with one attached hydrogen (secondary N) is 1. The molecule has 2 aromatic rings. The van der Waals surface area contributed by atoms with Gasteiger partial charge in [0.2, 0.25) is 0 Å². The average molecular weight is 259 g/mol. The van der Waals surface area contributed by atoms with Crippen LogP contribution >= 0.6 is 0 Å². The van der Waals surface area contributed by atoms with Crippen LogP contribution in [0.5, 0.6) is 0 Å². The summed E-state index contributed by atoms with van der Waals surface area (Å²) in [5, 5.41) is 11.1. The van der Waals surface area contributed by atoms with E-state index in [2.05, 4.69) is 10.3 Å². The number of carboxylic acid groups (broad SMARTS) is 1. The minimum absolute atomic E-state index is 0.0903. The molecule has 1 aromatic heterocycles. The normalized spacial score (nSPS) is 10.1. The zero-order valence-corrected chi connectivity index (χ0v) is 10.1. The lowest BCUT2D eigenvalue weighted by Crippen LogP contribution is -2.26. The number of hydrogen-bond donors (Lipinski definition) is 2. The molecule has 1 amide bonds. The monoisotopic (exact) mass is 259 g/mol. The quantitative estimate of drug-likeness (QED) is 0.841. The van der Waals surface area contributed by atoms with E-state index in [1.807, 2.05) is 6.07 Å². The number of hydrogen-bond acceptors (Lipinski definition) is 3. The zero-order valence-electron chi connectivity index (χ0n) is 10.1. The van der Waals surface area contributed by atoms with E-state index in [1.165, 1.54) is 0 Å². The van der Waals surface area contributed by atoms with Crippen molar-refractivity contribution in [1.29, 1.82) is 0 Å². The number of nitrogens with zero attached hydrogens (tertiary/aromatic N) is 2. The fourth-order valence-electron chi connectivity index (χ4n) is 1.60. The van der Waals surface area contributed by atoms with Crippen molar-refractivity contribution in [3.63, 3.8) is 0 Å². The molecule has 1 heterocycles. The molecule has 0 aliphatic rings. The van der Waals surface area contributed by atoms with Crippen molar-refractivity contribution in [3.8, 4) is 5.69 Å². The van der Waals surface area contributed by atoms with Gasteiger partial charge in [0.1, 0.15) is 0 Å². The molecular weight excluding hydrogens is 246 g/mol. The van der Waals surface area contributed by atoms with Gasteiger partial charge in [-0.2, -0.15) is 0 Å². The number of imidazole rings is 1. The van der Waals surface area contributed by atoms with Crippen molar-refractivity contribution >= 4 is 11.9 Å². The molecule has 6 heteroatoms. The Balaban J connectivity index is 2.06. The van der Waals surface area contributed by atoms with E-state index in [4.69, 9.17) is 5.11 Å². The topological polar surface area (TPSA) is 84.2 Å². The summed E-state index contributed by atoms with van der Waals surface area (Å²) >= 11 is 0. The fraction of sp³-hybridized carbons (Fsp3) is 0.154. The summed E-state index contributed by atoms with van der Waals surface area (Å²) in [6.45, 7) is 0.115. The minimum Gasteiger partial charge on any atom is -0.481 e. The van der Waals surface area contributed by atoms with Crippen molar-refractivity contribution in [2.75, 3.05) is 6.54 Å². The second-order valence-electron chi connectivity index (χ2n) is 3.92. The van der Waals surface area contributed by atoms with Crippen molar-refractivity contribution in [2.24, 2.45) is 0 Å². The highest BCUT2D eigenvalue weighted by atomic mass is 16.4. The average Bonchev–Trinajstić information content (AvgIpc) is 2.92. The van der Waals surface area contributed by atoms with E-state index in [9.17, 15) is 9.59 Å². The predicted octanol–water partition coefficient (Wildman–Crippen LogP) is 1.08. The lowest BCUT2D eigenvalue weighted by Gasteiger charge is -2.06. The Bertz CT molecular complexity index is 579. The van der Waals surface area contributed by atoms with Crippen molar-refractivity contribution in [2.45, 2.75) is 6.42 Å². The molecule has 0 spiro atoms. The van der Waals surface area contributed by atoms with E-state index < -0.39 is 5.97 Å². The van der Waals surface area contributed by atoms with Gasteiger partial charge in [0.05, 0.1) is 12.7 Å². The molecule has 0 radical (unpaired) electrons. The van der Waals surface area contributed by atoms with Gasteiger partial charge in [-0.3, -0.25) is 9.59 Å². The third-order valence-corrected chi connectivity index (χ3v) is 2.54. The fourth-order valence-corrected chi connectivity index (χ4v) is 1.60. The standard InChI is InChI=1S/C13H13N3O3/c17-12(18)4-5-15-13(19)10-2-1-3-11(8-10)16-7-6-14-9-16/h1-3,6-9H,4-5H2,(H,15,19)(H,17,18). The van der Waals surface area contributed by atoms with Crippen molar-refractivity contribution in [3.05, 3.63) is 48.5 Å². The SMILES string of the molecule is O=C(O)CCNC(=O)c1cccc(-n2ccnc2)c1. The molecule has 1 aromatic carbocycles. The first-order chi connectivity index (χ1) is 9.16. The van der Waals surface area contributed by atoms with Crippen LogP contribution in [0.15, 0.2) is 43.0 Å². The van der Waals surface area contributed by atoms with Crippen LogP contribution in [-0.4, -0.2) is 33.1 Å². The van der Waals surface area contributed by atoms with Crippen LogP contribution in [0.1, 0.15) is 16.8 Å². The van der Waals surface area contributed by atoms with Gasteiger partial charge < -0.3 is 15.0 Å². The van der Waals surface area contributed by atoms with Gasteiger partial charge in [-0.15, -0.1) is 0 Å². The number of aliphatic carboxylic acids is 1. The summed E-state index contributed by atoms with van der Waals surface area (Å²) in [4.78, 5) is 26.1. The predicted molar refractivity (Wildman–Crippen MR) is 68.2 cm³/mol. The van der Waals surface area contributed by atoms with Gasteiger partial charge in [0, 0.05) is 30.2 Å². The van der Waals surface area contributed by atoms with Gasteiger partial charge in [-0.25, -0.2) is 4.98 Å². The van der Waals surface area contributed by atoms with Gasteiger partial charge in [-0.1, -0.05) is 6.07 Å². The maximum absolute atomic E-state index is 11.8. The van der Waals surface area contributed by atoms with E-state index >= 15 is 0 Å². The maximum Gasteiger partial charge on any atom is 0.305 e. The van der Waals surface area contributed by atoms with Crippen molar-refractivity contribution < 1.29 is 14.7 Å².